The number of fused-ring (bicyclic) bond motifs is 1. The number of carbonyl (C=O) groups excluding carboxylic acids is 3. The van der Waals surface area contributed by atoms with Crippen LogP contribution in [0, 0.1) is 5.41 Å². The molecule has 0 aromatic heterocycles. The first kappa shape index (κ1) is 24.1. The molecule has 2 aliphatic rings. The molecule has 0 spiro atoms. The Hall–Kier alpha value is -3.58. The van der Waals surface area contributed by atoms with Crippen LogP contribution >= 0.6 is 11.8 Å². The van der Waals surface area contributed by atoms with Crippen LogP contribution in [0.3, 0.4) is 0 Å². The van der Waals surface area contributed by atoms with E-state index in [0.717, 1.165) is 11.1 Å². The van der Waals surface area contributed by atoms with Crippen LogP contribution in [0.4, 0.5) is 5.69 Å². The van der Waals surface area contributed by atoms with Crippen LogP contribution in [0.1, 0.15) is 31.1 Å². The van der Waals surface area contributed by atoms with Crippen molar-refractivity contribution in [3.8, 4) is 0 Å². The van der Waals surface area contributed by atoms with E-state index in [4.69, 9.17) is 4.74 Å². The highest BCUT2D eigenvalue weighted by atomic mass is 32.2. The molecular weight excluding hydrogens is 472 g/mol. The van der Waals surface area contributed by atoms with Crippen LogP contribution in [-0.2, 0) is 19.1 Å². The number of rotatable bonds is 6. The number of anilines is 1. The number of hydrogen-bond acceptors (Lipinski definition) is 5. The summed E-state index contributed by atoms with van der Waals surface area (Å²) in [6.45, 7) is 3.59. The number of nitrogens with zero attached hydrogens (tertiary/aromatic N) is 2. The molecule has 2 heterocycles. The first-order chi connectivity index (χ1) is 17.4. The third kappa shape index (κ3) is 4.39. The minimum absolute atomic E-state index is 0.145. The number of esters is 1. The Bertz CT molecular complexity index is 1210. The number of thioether (sulfide) groups is 1. The van der Waals surface area contributed by atoms with E-state index in [1.54, 1.807) is 9.80 Å². The Balaban J connectivity index is 1.34. The van der Waals surface area contributed by atoms with Crippen molar-refractivity contribution in [1.82, 2.24) is 4.90 Å². The number of β-lactam (4-membered cyclic amide) rings is 1. The molecule has 2 amide bonds. The zero-order valence-corrected chi connectivity index (χ0v) is 21.1. The van der Waals surface area contributed by atoms with Gasteiger partial charge in [0.2, 0.25) is 11.8 Å². The molecule has 2 saturated heterocycles. The molecule has 6 nitrogen and oxygen atoms in total. The summed E-state index contributed by atoms with van der Waals surface area (Å²) < 4.78 is 6.14. The summed E-state index contributed by atoms with van der Waals surface area (Å²) in [6, 6.07) is 28.0. The summed E-state index contributed by atoms with van der Waals surface area (Å²) in [5.41, 5.74) is 1.62. The second-order valence-electron chi connectivity index (χ2n) is 9.50. The molecule has 0 N–H and O–H groups in total. The first-order valence-corrected chi connectivity index (χ1v) is 13.0. The lowest BCUT2D eigenvalue weighted by molar-refractivity contribution is -0.163. The molecule has 0 saturated carbocycles. The highest BCUT2D eigenvalue weighted by Crippen LogP contribution is 2.45. The first-order valence-electron chi connectivity index (χ1n) is 12.0. The molecular formula is C29H28N2O4S. The van der Waals surface area contributed by atoms with E-state index in [2.05, 4.69) is 0 Å². The van der Waals surface area contributed by atoms with E-state index in [0.29, 0.717) is 11.4 Å². The molecule has 3 aromatic carbocycles. The number of hydrogen-bond donors (Lipinski definition) is 0. The molecule has 3 atom stereocenters. The lowest BCUT2D eigenvalue weighted by Crippen LogP contribution is -2.74. The highest BCUT2D eigenvalue weighted by Gasteiger charge is 2.58. The van der Waals surface area contributed by atoms with Crippen LogP contribution in [0.2, 0.25) is 0 Å². The fourth-order valence-electron chi connectivity index (χ4n) is 4.87. The van der Waals surface area contributed by atoms with Gasteiger partial charge >= 0.3 is 5.97 Å². The number of para-hydroxylation sites is 1. The Morgan fingerprint density at radius 2 is 1.47 bits per heavy atom. The topological polar surface area (TPSA) is 66.9 Å². The minimum atomic E-state index is -0.864. The van der Waals surface area contributed by atoms with E-state index in [1.165, 1.54) is 18.7 Å². The molecule has 7 heteroatoms. The van der Waals surface area contributed by atoms with Gasteiger partial charge in [0.05, 0.1) is 5.41 Å². The largest absolute Gasteiger partial charge is 0.452 e. The summed E-state index contributed by atoms with van der Waals surface area (Å²) in [5.74, 6) is -0.170. The molecule has 2 unspecified atom stereocenters. The van der Waals surface area contributed by atoms with Gasteiger partial charge < -0.3 is 9.64 Å². The summed E-state index contributed by atoms with van der Waals surface area (Å²) >= 11 is 1.53. The molecule has 2 fully saturated rings. The Labute approximate surface area is 215 Å². The predicted molar refractivity (Wildman–Crippen MR) is 140 cm³/mol. The summed E-state index contributed by atoms with van der Waals surface area (Å²) in [7, 11) is 0. The van der Waals surface area contributed by atoms with Crippen molar-refractivity contribution in [3.05, 3.63) is 102 Å². The number of amides is 2. The molecule has 36 heavy (non-hydrogen) atoms. The van der Waals surface area contributed by atoms with Crippen LogP contribution in [0.25, 0.3) is 0 Å². The molecule has 5 rings (SSSR count). The molecule has 2 aliphatic heterocycles. The molecule has 184 valence electrons. The quantitative estimate of drug-likeness (QED) is 0.364. The van der Waals surface area contributed by atoms with Gasteiger partial charge in [-0.3, -0.25) is 19.3 Å². The fourth-order valence-corrected chi connectivity index (χ4v) is 6.39. The normalized spacial score (nSPS) is 23.0. The second-order valence-corrected chi connectivity index (χ2v) is 10.6. The Morgan fingerprint density at radius 1 is 0.944 bits per heavy atom. The van der Waals surface area contributed by atoms with Gasteiger partial charge in [0.25, 0.3) is 0 Å². The van der Waals surface area contributed by atoms with Crippen LogP contribution < -0.4 is 4.90 Å². The maximum Gasteiger partial charge on any atom is 0.315 e. The van der Waals surface area contributed by atoms with Crippen LogP contribution in [0.5, 0.6) is 0 Å². The number of ether oxygens (including phenoxy) is 1. The van der Waals surface area contributed by atoms with Crippen molar-refractivity contribution in [2.45, 2.75) is 31.4 Å². The van der Waals surface area contributed by atoms with Crippen molar-refractivity contribution < 1.29 is 19.1 Å². The number of benzene rings is 3. The van der Waals surface area contributed by atoms with E-state index < -0.39 is 17.6 Å². The number of carbonyl (C=O) groups is 3. The summed E-state index contributed by atoms with van der Waals surface area (Å²) in [4.78, 5) is 42.6. The fraction of sp³-hybridized carbons (Fsp3) is 0.276. The highest BCUT2D eigenvalue weighted by molar-refractivity contribution is 8.00. The van der Waals surface area contributed by atoms with Crippen molar-refractivity contribution in [3.63, 3.8) is 0 Å². The van der Waals surface area contributed by atoms with E-state index in [1.807, 2.05) is 97.9 Å². The van der Waals surface area contributed by atoms with Crippen molar-refractivity contribution in [2.75, 3.05) is 17.2 Å². The maximum absolute atomic E-state index is 13.6. The average Bonchev–Trinajstić information content (AvgIpc) is 2.91. The van der Waals surface area contributed by atoms with Crippen LogP contribution in [0.15, 0.2) is 91.0 Å². The van der Waals surface area contributed by atoms with Gasteiger partial charge in [0.1, 0.15) is 11.4 Å². The van der Waals surface area contributed by atoms with Crippen molar-refractivity contribution in [1.29, 1.82) is 0 Å². The van der Waals surface area contributed by atoms with Gasteiger partial charge in [-0.25, -0.2) is 0 Å². The standard InChI is InChI=1S/C29H28N2O4S/c1-20(32)31(23-16-10-5-11-17-23)24-26(33)30-18-29(2,19-36-27(24)30)28(34)35-25(21-12-6-3-7-13-21)22-14-8-4-9-15-22/h3-17,24-25,27H,18-19H2,1-2H3/t24?,27-,29?/m1/s1. The summed E-state index contributed by atoms with van der Waals surface area (Å²) in [5, 5.41) is -0.193. The van der Waals surface area contributed by atoms with Crippen molar-refractivity contribution in [2.24, 2.45) is 5.41 Å². The molecule has 0 radical (unpaired) electrons. The van der Waals surface area contributed by atoms with Gasteiger partial charge in [0.15, 0.2) is 6.10 Å². The van der Waals surface area contributed by atoms with Gasteiger partial charge in [-0.15, -0.1) is 11.8 Å². The lowest BCUT2D eigenvalue weighted by Gasteiger charge is -2.55. The smallest absolute Gasteiger partial charge is 0.315 e. The van der Waals surface area contributed by atoms with Crippen molar-refractivity contribution >= 4 is 35.2 Å². The Morgan fingerprint density at radius 3 is 2.00 bits per heavy atom. The molecule has 3 aromatic rings. The van der Waals surface area contributed by atoms with Gasteiger partial charge in [-0.05, 0) is 30.2 Å². The summed E-state index contributed by atoms with van der Waals surface area (Å²) in [6.07, 6.45) is -0.537. The third-order valence-electron chi connectivity index (χ3n) is 6.78. The third-order valence-corrected chi connectivity index (χ3v) is 8.44. The van der Waals surface area contributed by atoms with Crippen LogP contribution in [-0.4, -0.2) is 46.4 Å². The van der Waals surface area contributed by atoms with E-state index in [9.17, 15) is 14.4 Å². The van der Waals surface area contributed by atoms with Gasteiger partial charge in [-0.1, -0.05) is 78.9 Å². The average molecular weight is 501 g/mol. The SMILES string of the molecule is CC(=O)N(c1ccccc1)C1C(=O)N2CC(C)(C(=O)OC(c3ccccc3)c3ccccc3)CS[C@H]12. The van der Waals surface area contributed by atoms with E-state index >= 15 is 0 Å². The van der Waals surface area contributed by atoms with E-state index in [-0.39, 0.29) is 29.7 Å². The molecule has 0 aliphatic carbocycles. The minimum Gasteiger partial charge on any atom is -0.452 e. The molecule has 0 bridgehead atoms. The van der Waals surface area contributed by atoms with Gasteiger partial charge in [0, 0.05) is 24.9 Å². The Kier molecular flexibility index (Phi) is 6.58. The maximum atomic E-state index is 13.6. The van der Waals surface area contributed by atoms with Gasteiger partial charge in [-0.2, -0.15) is 0 Å². The zero-order valence-electron chi connectivity index (χ0n) is 20.2. The predicted octanol–water partition coefficient (Wildman–Crippen LogP) is 4.66. The monoisotopic (exact) mass is 500 g/mol. The zero-order chi connectivity index (χ0) is 25.3. The second kappa shape index (κ2) is 9.82. The lowest BCUT2D eigenvalue weighted by atomic mass is 9.88.